The normalized spacial score (nSPS) is 13.5. The number of nitrogens with zero attached hydrogens (tertiary/aromatic N) is 2. The highest BCUT2D eigenvalue weighted by Crippen LogP contribution is 2.14. The zero-order valence-corrected chi connectivity index (χ0v) is 15.7. The summed E-state index contributed by atoms with van der Waals surface area (Å²) in [6, 6.07) is 6.94. The van der Waals surface area contributed by atoms with Crippen LogP contribution in [0.5, 0.6) is 0 Å². The predicted molar refractivity (Wildman–Crippen MR) is 102 cm³/mol. The number of aliphatic hydroxyl groups is 1. The first kappa shape index (κ1) is 18.8. The fourth-order valence-corrected chi connectivity index (χ4v) is 2.98. The Morgan fingerprint density at radius 1 is 1.37 bits per heavy atom. The van der Waals surface area contributed by atoms with Gasteiger partial charge in [0, 0.05) is 31.4 Å². The molecule has 2 N–H and O–H groups in total. The third-order valence-electron chi connectivity index (χ3n) is 4.41. The fourth-order valence-electron chi connectivity index (χ4n) is 2.98. The summed E-state index contributed by atoms with van der Waals surface area (Å²) >= 11 is 0. The van der Waals surface area contributed by atoms with E-state index in [4.69, 9.17) is 4.42 Å². The number of fused-ring (bicyclic) bond motifs is 1. The lowest BCUT2D eigenvalue weighted by atomic mass is 10.0. The molecule has 0 aliphatic heterocycles. The number of nitrogens with one attached hydrogen (secondary N) is 1. The molecule has 1 unspecified atom stereocenters. The van der Waals surface area contributed by atoms with Gasteiger partial charge in [0.05, 0.1) is 17.3 Å². The van der Waals surface area contributed by atoms with Crippen LogP contribution in [0.25, 0.3) is 11.0 Å². The minimum Gasteiger partial charge on any atom is -0.469 e. The Morgan fingerprint density at radius 3 is 2.81 bits per heavy atom. The molecule has 1 atom stereocenters. The molecule has 7 heteroatoms. The van der Waals surface area contributed by atoms with Crippen LogP contribution in [-0.4, -0.2) is 32.7 Å². The van der Waals surface area contributed by atoms with E-state index >= 15 is 0 Å². The standard InChI is InChI=1S/C20H23N3O4/c1-4-23-11-16(17(24)15-8-7-13(2)22-18(15)23)19(25)21-12-20(3,26)10-14-6-5-9-27-14/h5-9,11,26H,4,10,12H2,1-3H3,(H,21,25). The van der Waals surface area contributed by atoms with Crippen molar-refractivity contribution in [2.75, 3.05) is 6.54 Å². The van der Waals surface area contributed by atoms with Crippen LogP contribution in [0.15, 0.2) is 45.9 Å². The molecule has 0 aliphatic carbocycles. The van der Waals surface area contributed by atoms with Crippen molar-refractivity contribution in [1.82, 2.24) is 14.9 Å². The Bertz CT molecular complexity index is 1020. The molecule has 3 aromatic rings. The molecule has 0 aliphatic rings. The molecule has 0 spiro atoms. The van der Waals surface area contributed by atoms with Gasteiger partial charge in [-0.25, -0.2) is 4.98 Å². The molecule has 3 heterocycles. The molecule has 0 radical (unpaired) electrons. The zero-order valence-electron chi connectivity index (χ0n) is 15.7. The molecule has 0 fully saturated rings. The topological polar surface area (TPSA) is 97.4 Å². The number of carbonyl (C=O) groups is 1. The molecular weight excluding hydrogens is 346 g/mol. The lowest BCUT2D eigenvalue weighted by molar-refractivity contribution is 0.0510. The van der Waals surface area contributed by atoms with E-state index < -0.39 is 11.5 Å². The van der Waals surface area contributed by atoms with Crippen LogP contribution in [0.4, 0.5) is 0 Å². The van der Waals surface area contributed by atoms with Gasteiger partial charge in [0.25, 0.3) is 5.91 Å². The summed E-state index contributed by atoms with van der Waals surface area (Å²) < 4.78 is 7.01. The molecule has 27 heavy (non-hydrogen) atoms. The smallest absolute Gasteiger partial charge is 0.256 e. The van der Waals surface area contributed by atoms with Gasteiger partial charge in [0.15, 0.2) is 0 Å². The molecular formula is C20H23N3O4. The van der Waals surface area contributed by atoms with Gasteiger partial charge in [-0.15, -0.1) is 0 Å². The second-order valence-corrected chi connectivity index (χ2v) is 6.92. The van der Waals surface area contributed by atoms with Gasteiger partial charge < -0.3 is 19.4 Å². The van der Waals surface area contributed by atoms with Crippen LogP contribution in [0.3, 0.4) is 0 Å². The van der Waals surface area contributed by atoms with Gasteiger partial charge in [-0.1, -0.05) is 0 Å². The Hall–Kier alpha value is -2.93. The Balaban J connectivity index is 1.84. The van der Waals surface area contributed by atoms with E-state index in [1.54, 1.807) is 35.8 Å². The van der Waals surface area contributed by atoms with Crippen molar-refractivity contribution in [2.45, 2.75) is 39.3 Å². The summed E-state index contributed by atoms with van der Waals surface area (Å²) in [5.74, 6) is 0.0964. The highest BCUT2D eigenvalue weighted by atomic mass is 16.3. The van der Waals surface area contributed by atoms with E-state index in [0.29, 0.717) is 23.3 Å². The van der Waals surface area contributed by atoms with Gasteiger partial charge in [0.1, 0.15) is 17.0 Å². The fraction of sp³-hybridized carbons (Fsp3) is 0.350. The maximum Gasteiger partial charge on any atom is 0.256 e. The van der Waals surface area contributed by atoms with E-state index in [1.807, 2.05) is 13.8 Å². The third kappa shape index (κ3) is 4.09. The SMILES string of the molecule is CCn1cc(C(=O)NCC(C)(O)Cc2ccco2)c(=O)c2ccc(C)nc21. The van der Waals surface area contributed by atoms with Crippen LogP contribution in [-0.2, 0) is 13.0 Å². The molecule has 3 rings (SSSR count). The van der Waals surface area contributed by atoms with Crippen LogP contribution < -0.4 is 10.7 Å². The molecule has 1 amide bonds. The van der Waals surface area contributed by atoms with E-state index in [9.17, 15) is 14.7 Å². The first-order valence-electron chi connectivity index (χ1n) is 8.84. The van der Waals surface area contributed by atoms with Crippen molar-refractivity contribution >= 4 is 16.9 Å². The van der Waals surface area contributed by atoms with Crippen molar-refractivity contribution < 1.29 is 14.3 Å². The molecule has 0 saturated heterocycles. The summed E-state index contributed by atoms with van der Waals surface area (Å²) in [5.41, 5.74) is -0.180. The lowest BCUT2D eigenvalue weighted by Crippen LogP contribution is -2.43. The van der Waals surface area contributed by atoms with Gasteiger partial charge in [-0.2, -0.15) is 0 Å². The summed E-state index contributed by atoms with van der Waals surface area (Å²) in [6.07, 6.45) is 3.30. The van der Waals surface area contributed by atoms with Gasteiger partial charge in [0.2, 0.25) is 5.43 Å². The number of rotatable bonds is 6. The minimum absolute atomic E-state index is 0.0116. The van der Waals surface area contributed by atoms with Crippen molar-refractivity contribution in [1.29, 1.82) is 0 Å². The number of aryl methyl sites for hydroxylation is 2. The molecule has 0 bridgehead atoms. The molecule has 7 nitrogen and oxygen atoms in total. The third-order valence-corrected chi connectivity index (χ3v) is 4.41. The summed E-state index contributed by atoms with van der Waals surface area (Å²) in [7, 11) is 0. The quantitative estimate of drug-likeness (QED) is 0.693. The van der Waals surface area contributed by atoms with E-state index in [0.717, 1.165) is 5.69 Å². The number of furan rings is 1. The monoisotopic (exact) mass is 369 g/mol. The number of hydrogen-bond acceptors (Lipinski definition) is 5. The van der Waals surface area contributed by atoms with Gasteiger partial charge in [-0.3, -0.25) is 9.59 Å². The average Bonchev–Trinajstić information content (AvgIpc) is 3.12. The van der Waals surface area contributed by atoms with Gasteiger partial charge in [-0.05, 0) is 45.0 Å². The van der Waals surface area contributed by atoms with Crippen molar-refractivity contribution in [2.24, 2.45) is 0 Å². The van der Waals surface area contributed by atoms with Crippen molar-refractivity contribution in [3.8, 4) is 0 Å². The summed E-state index contributed by atoms with van der Waals surface area (Å²) in [5, 5.41) is 13.5. The number of carbonyl (C=O) groups excluding carboxylic acids is 1. The Kier molecular flexibility index (Phi) is 5.14. The number of pyridine rings is 2. The van der Waals surface area contributed by atoms with Gasteiger partial charge >= 0.3 is 0 Å². The number of hydrogen-bond donors (Lipinski definition) is 2. The summed E-state index contributed by atoms with van der Waals surface area (Å²) in [6.45, 7) is 5.94. The average molecular weight is 369 g/mol. The maximum absolute atomic E-state index is 12.7. The Labute approximate surface area is 156 Å². The highest BCUT2D eigenvalue weighted by Gasteiger charge is 2.24. The molecule has 0 aromatic carbocycles. The van der Waals surface area contributed by atoms with Crippen LogP contribution in [0.2, 0.25) is 0 Å². The minimum atomic E-state index is -1.20. The second-order valence-electron chi connectivity index (χ2n) is 6.92. The van der Waals surface area contributed by atoms with Crippen LogP contribution in [0, 0.1) is 6.92 Å². The molecule has 0 saturated carbocycles. The predicted octanol–water partition coefficient (Wildman–Crippen LogP) is 2.04. The van der Waals surface area contributed by atoms with Crippen molar-refractivity contribution in [3.05, 3.63) is 64.0 Å². The Morgan fingerprint density at radius 2 is 2.15 bits per heavy atom. The highest BCUT2D eigenvalue weighted by molar-refractivity contribution is 5.96. The van der Waals surface area contributed by atoms with Crippen LogP contribution in [0.1, 0.15) is 35.7 Å². The van der Waals surface area contributed by atoms with Crippen molar-refractivity contribution in [3.63, 3.8) is 0 Å². The first-order valence-corrected chi connectivity index (χ1v) is 8.84. The van der Waals surface area contributed by atoms with E-state index in [-0.39, 0.29) is 24.0 Å². The van der Waals surface area contributed by atoms with E-state index in [1.165, 1.54) is 12.5 Å². The molecule has 3 aromatic heterocycles. The second kappa shape index (κ2) is 7.36. The first-order chi connectivity index (χ1) is 12.8. The lowest BCUT2D eigenvalue weighted by Gasteiger charge is -2.22. The largest absolute Gasteiger partial charge is 0.469 e. The number of aromatic nitrogens is 2. The summed E-state index contributed by atoms with van der Waals surface area (Å²) in [4.78, 5) is 29.8. The molecule has 142 valence electrons. The maximum atomic E-state index is 12.7. The number of amides is 1. The van der Waals surface area contributed by atoms with E-state index in [2.05, 4.69) is 10.3 Å². The van der Waals surface area contributed by atoms with Crippen LogP contribution >= 0.6 is 0 Å². The zero-order chi connectivity index (χ0) is 19.6.